The molecule has 0 aromatic carbocycles. The molecule has 0 amide bonds. The molecule has 2 unspecified atom stereocenters. The van der Waals surface area contributed by atoms with E-state index in [2.05, 4.69) is 0 Å². The van der Waals surface area contributed by atoms with Gasteiger partial charge in [-0.1, -0.05) is 6.92 Å². The van der Waals surface area contributed by atoms with Gasteiger partial charge in [0.1, 0.15) is 17.6 Å². The van der Waals surface area contributed by atoms with Gasteiger partial charge in [-0.2, -0.15) is 0 Å². The molecule has 0 spiro atoms. The minimum Gasteiger partial charge on any atom is -0.496 e. The molecular formula is C12H16O5. The maximum absolute atomic E-state index is 11.3. The summed E-state index contributed by atoms with van der Waals surface area (Å²) in [7, 11) is 1.47. The van der Waals surface area contributed by atoms with Gasteiger partial charge in [0.05, 0.1) is 19.1 Å². The largest absolute Gasteiger partial charge is 0.496 e. The second-order valence-corrected chi connectivity index (χ2v) is 3.82. The van der Waals surface area contributed by atoms with Gasteiger partial charge in [-0.05, 0) is 6.92 Å². The Kier molecular flexibility index (Phi) is 4.31. The summed E-state index contributed by atoms with van der Waals surface area (Å²) < 4.78 is 15.1. The molecule has 2 atom stereocenters. The number of ether oxygens (including phenoxy) is 2. The van der Waals surface area contributed by atoms with Crippen molar-refractivity contribution in [3.05, 3.63) is 28.3 Å². The number of carbonyl (C=O) groups excluding carboxylic acids is 1. The van der Waals surface area contributed by atoms with Gasteiger partial charge in [-0.25, -0.2) is 4.79 Å². The molecule has 94 valence electrons. The van der Waals surface area contributed by atoms with Crippen molar-refractivity contribution in [2.45, 2.75) is 32.8 Å². The summed E-state index contributed by atoms with van der Waals surface area (Å²) in [4.78, 5) is 22.1. The Bertz CT molecular complexity index is 448. The number of carbonyl (C=O) groups is 1. The summed E-state index contributed by atoms with van der Waals surface area (Å²) in [6, 6.07) is 2.87. The van der Waals surface area contributed by atoms with Crippen LogP contribution >= 0.6 is 0 Å². The summed E-state index contributed by atoms with van der Waals surface area (Å²) in [5.74, 6) is 0.275. The first-order chi connectivity index (χ1) is 7.93. The van der Waals surface area contributed by atoms with Gasteiger partial charge >= 0.3 is 11.6 Å². The van der Waals surface area contributed by atoms with Crippen molar-refractivity contribution >= 4 is 5.97 Å². The maximum atomic E-state index is 11.3. The first-order valence-electron chi connectivity index (χ1n) is 5.30. The van der Waals surface area contributed by atoms with Crippen LogP contribution in [0, 0.1) is 0 Å². The monoisotopic (exact) mass is 240 g/mol. The second-order valence-electron chi connectivity index (χ2n) is 3.82. The average molecular weight is 240 g/mol. The van der Waals surface area contributed by atoms with Crippen LogP contribution in [-0.4, -0.2) is 19.2 Å². The first-order valence-corrected chi connectivity index (χ1v) is 5.30. The molecule has 1 rings (SSSR count). The van der Waals surface area contributed by atoms with Gasteiger partial charge in [-0.15, -0.1) is 0 Å². The molecular weight excluding hydrogens is 224 g/mol. The van der Waals surface area contributed by atoms with Gasteiger partial charge in [0, 0.05) is 13.0 Å². The van der Waals surface area contributed by atoms with Crippen LogP contribution in [0.3, 0.4) is 0 Å². The number of hydrogen-bond acceptors (Lipinski definition) is 5. The van der Waals surface area contributed by atoms with Crippen LogP contribution in [0.15, 0.2) is 21.3 Å². The minimum absolute atomic E-state index is 0.221. The Morgan fingerprint density at radius 2 is 2.00 bits per heavy atom. The quantitative estimate of drug-likeness (QED) is 0.749. The van der Waals surface area contributed by atoms with E-state index in [1.54, 1.807) is 13.0 Å². The lowest BCUT2D eigenvalue weighted by Crippen LogP contribution is -2.20. The van der Waals surface area contributed by atoms with Crippen molar-refractivity contribution in [2.24, 2.45) is 0 Å². The van der Waals surface area contributed by atoms with Crippen molar-refractivity contribution in [1.82, 2.24) is 0 Å². The van der Waals surface area contributed by atoms with Gasteiger partial charge < -0.3 is 13.9 Å². The lowest BCUT2D eigenvalue weighted by Gasteiger charge is -2.18. The van der Waals surface area contributed by atoms with E-state index < -0.39 is 5.63 Å². The number of rotatable bonds is 4. The lowest BCUT2D eigenvalue weighted by molar-refractivity contribution is -0.146. The van der Waals surface area contributed by atoms with Crippen LogP contribution < -0.4 is 10.4 Å². The number of esters is 1. The molecule has 0 bridgehead atoms. The molecule has 0 fully saturated rings. The van der Waals surface area contributed by atoms with E-state index in [-0.39, 0.29) is 18.0 Å². The van der Waals surface area contributed by atoms with Crippen LogP contribution in [0.4, 0.5) is 0 Å². The van der Waals surface area contributed by atoms with Crippen molar-refractivity contribution in [2.75, 3.05) is 7.11 Å². The molecule has 1 aromatic rings. The number of hydrogen-bond donors (Lipinski definition) is 0. The first kappa shape index (κ1) is 13.3. The molecule has 5 heteroatoms. The fourth-order valence-corrected chi connectivity index (χ4v) is 1.41. The van der Waals surface area contributed by atoms with Gasteiger partial charge in [0.2, 0.25) is 0 Å². The Labute approximate surface area is 99.3 Å². The SMILES string of the molecule is COc1cc(C(C)C(C)OC(C)=O)oc(=O)c1. The lowest BCUT2D eigenvalue weighted by atomic mass is 10.0. The predicted octanol–water partition coefficient (Wildman–Crippen LogP) is 1.70. The Balaban J connectivity index is 2.95. The molecule has 0 aliphatic carbocycles. The zero-order chi connectivity index (χ0) is 13.0. The van der Waals surface area contributed by atoms with Crippen molar-refractivity contribution in [1.29, 1.82) is 0 Å². The smallest absolute Gasteiger partial charge is 0.339 e. The van der Waals surface area contributed by atoms with Crippen molar-refractivity contribution < 1.29 is 18.7 Å². The third kappa shape index (κ3) is 3.62. The zero-order valence-corrected chi connectivity index (χ0v) is 10.4. The van der Waals surface area contributed by atoms with Gasteiger partial charge in [0.15, 0.2) is 0 Å². The predicted molar refractivity (Wildman–Crippen MR) is 61.2 cm³/mol. The molecule has 0 saturated heterocycles. The minimum atomic E-state index is -0.485. The van der Waals surface area contributed by atoms with Crippen LogP contribution in [0.1, 0.15) is 32.4 Å². The third-order valence-corrected chi connectivity index (χ3v) is 2.50. The molecule has 1 aromatic heterocycles. The highest BCUT2D eigenvalue weighted by Gasteiger charge is 2.20. The summed E-state index contributed by atoms with van der Waals surface area (Å²) >= 11 is 0. The van der Waals surface area contributed by atoms with Crippen LogP contribution in [0.25, 0.3) is 0 Å². The summed E-state index contributed by atoms with van der Waals surface area (Å²) in [6.45, 7) is 4.89. The highest BCUT2D eigenvalue weighted by atomic mass is 16.5. The fraction of sp³-hybridized carbons (Fsp3) is 0.500. The van der Waals surface area contributed by atoms with E-state index in [0.717, 1.165) is 0 Å². The molecule has 0 aliphatic rings. The van der Waals surface area contributed by atoms with E-state index >= 15 is 0 Å². The third-order valence-electron chi connectivity index (χ3n) is 2.50. The standard InChI is InChI=1S/C12H16O5/c1-7(8(2)16-9(3)13)11-5-10(15-4)6-12(14)17-11/h5-8H,1-4H3. The fourth-order valence-electron chi connectivity index (χ4n) is 1.41. The Hall–Kier alpha value is -1.78. The highest BCUT2D eigenvalue weighted by Crippen LogP contribution is 2.23. The van der Waals surface area contributed by atoms with Crippen LogP contribution in [-0.2, 0) is 9.53 Å². The molecule has 0 saturated carbocycles. The van der Waals surface area contributed by atoms with E-state index in [0.29, 0.717) is 11.5 Å². The molecule has 1 heterocycles. The average Bonchev–Trinajstić information content (AvgIpc) is 2.26. The van der Waals surface area contributed by atoms with Gasteiger partial charge in [-0.3, -0.25) is 4.79 Å². The van der Waals surface area contributed by atoms with E-state index in [9.17, 15) is 9.59 Å². The normalized spacial score (nSPS) is 13.9. The van der Waals surface area contributed by atoms with Crippen LogP contribution in [0.5, 0.6) is 5.75 Å². The van der Waals surface area contributed by atoms with E-state index in [1.807, 2.05) is 6.92 Å². The zero-order valence-electron chi connectivity index (χ0n) is 10.4. The summed E-state index contributed by atoms with van der Waals surface area (Å²) in [5.41, 5.74) is -0.485. The highest BCUT2D eigenvalue weighted by molar-refractivity contribution is 5.66. The summed E-state index contributed by atoms with van der Waals surface area (Å²) in [6.07, 6.45) is -0.372. The summed E-state index contributed by atoms with van der Waals surface area (Å²) in [5, 5.41) is 0. The molecule has 5 nitrogen and oxygen atoms in total. The molecule has 0 radical (unpaired) electrons. The maximum Gasteiger partial charge on any atom is 0.339 e. The molecule has 0 N–H and O–H groups in total. The Morgan fingerprint density at radius 3 is 2.53 bits per heavy atom. The topological polar surface area (TPSA) is 65.7 Å². The van der Waals surface area contributed by atoms with Crippen LogP contribution in [0.2, 0.25) is 0 Å². The number of methoxy groups -OCH3 is 1. The second kappa shape index (κ2) is 5.52. The Morgan fingerprint density at radius 1 is 1.35 bits per heavy atom. The van der Waals surface area contributed by atoms with E-state index in [1.165, 1.54) is 20.1 Å². The van der Waals surface area contributed by atoms with Gasteiger partial charge in [0.25, 0.3) is 0 Å². The van der Waals surface area contributed by atoms with E-state index in [4.69, 9.17) is 13.9 Å². The van der Waals surface area contributed by atoms with Crippen molar-refractivity contribution in [3.8, 4) is 5.75 Å². The molecule has 17 heavy (non-hydrogen) atoms. The van der Waals surface area contributed by atoms with Crippen molar-refractivity contribution in [3.63, 3.8) is 0 Å². The molecule has 0 aliphatic heterocycles.